The van der Waals surface area contributed by atoms with Crippen LogP contribution in [0.15, 0.2) is 18.2 Å². The number of Topliss-reactive ketones (excluding diaryl/α,β-unsaturated/α-hetero) is 1. The van der Waals surface area contributed by atoms with E-state index in [1.165, 1.54) is 12.1 Å². The van der Waals surface area contributed by atoms with Crippen molar-refractivity contribution in [3.8, 4) is 5.75 Å². The van der Waals surface area contributed by atoms with Crippen LogP contribution in [-0.2, 0) is 0 Å². The topological polar surface area (TPSA) is 26.3 Å². The van der Waals surface area contributed by atoms with Crippen molar-refractivity contribution in [1.29, 1.82) is 0 Å². The second-order valence-corrected chi connectivity index (χ2v) is 4.93. The molecule has 0 saturated carbocycles. The molecule has 1 aromatic rings. The molecule has 0 aliphatic carbocycles. The van der Waals surface area contributed by atoms with E-state index in [0.717, 1.165) is 6.07 Å². The number of halogens is 4. The fourth-order valence-corrected chi connectivity index (χ4v) is 1.53. The van der Waals surface area contributed by atoms with E-state index in [0.29, 0.717) is 12.3 Å². The van der Waals surface area contributed by atoms with Crippen molar-refractivity contribution in [2.45, 2.75) is 26.4 Å². The third kappa shape index (κ3) is 4.74. The first-order chi connectivity index (χ1) is 8.71. The highest BCUT2D eigenvalue weighted by Crippen LogP contribution is 2.30. The Labute approximate surface area is 114 Å². The predicted octanol–water partition coefficient (Wildman–Crippen LogP) is 4.51. The monoisotopic (exact) mass is 294 g/mol. The molecule has 6 heteroatoms. The first kappa shape index (κ1) is 15.8. The molecular weight excluding hydrogens is 281 g/mol. The van der Waals surface area contributed by atoms with Gasteiger partial charge in [-0.15, -0.1) is 0 Å². The van der Waals surface area contributed by atoms with Crippen LogP contribution in [0.3, 0.4) is 0 Å². The first-order valence-corrected chi connectivity index (χ1v) is 6.13. The van der Waals surface area contributed by atoms with E-state index in [4.69, 9.17) is 16.3 Å². The molecule has 2 nitrogen and oxygen atoms in total. The van der Waals surface area contributed by atoms with Crippen LogP contribution in [-0.4, -0.2) is 18.6 Å². The van der Waals surface area contributed by atoms with Crippen molar-refractivity contribution < 1.29 is 22.7 Å². The molecule has 0 fully saturated rings. The number of benzene rings is 1. The standard InChI is InChI=1S/C13H14ClF3O2/c1-8(2)5-6-19-11-4-3-9(14)7-10(11)12(18)13(15,16)17/h3-4,7-8H,5-6H2,1-2H3. The largest absolute Gasteiger partial charge is 0.493 e. The fourth-order valence-electron chi connectivity index (χ4n) is 1.36. The second kappa shape index (κ2) is 6.28. The van der Waals surface area contributed by atoms with E-state index >= 15 is 0 Å². The van der Waals surface area contributed by atoms with Gasteiger partial charge < -0.3 is 4.74 Å². The molecule has 1 rings (SSSR count). The van der Waals surface area contributed by atoms with Gasteiger partial charge in [-0.2, -0.15) is 13.2 Å². The van der Waals surface area contributed by atoms with Gasteiger partial charge in [-0.3, -0.25) is 4.79 Å². The number of alkyl halides is 3. The number of carbonyl (C=O) groups excluding carboxylic acids is 1. The van der Waals surface area contributed by atoms with Gasteiger partial charge in [0.15, 0.2) is 0 Å². The normalized spacial score (nSPS) is 11.7. The highest BCUT2D eigenvalue weighted by Gasteiger charge is 2.41. The summed E-state index contributed by atoms with van der Waals surface area (Å²) in [4.78, 5) is 11.3. The van der Waals surface area contributed by atoms with Crippen molar-refractivity contribution in [2.24, 2.45) is 5.92 Å². The minimum absolute atomic E-state index is 0.0591. The zero-order valence-corrected chi connectivity index (χ0v) is 11.3. The average Bonchev–Trinajstić information content (AvgIpc) is 2.28. The molecule has 0 N–H and O–H groups in total. The average molecular weight is 295 g/mol. The molecule has 0 aliphatic heterocycles. The van der Waals surface area contributed by atoms with Gasteiger partial charge in [0.1, 0.15) is 5.75 Å². The Hall–Kier alpha value is -1.23. The molecule has 0 unspecified atom stereocenters. The summed E-state index contributed by atoms with van der Waals surface area (Å²) in [7, 11) is 0. The highest BCUT2D eigenvalue weighted by atomic mass is 35.5. The van der Waals surface area contributed by atoms with Crippen LogP contribution < -0.4 is 4.74 Å². The van der Waals surface area contributed by atoms with Gasteiger partial charge in [-0.25, -0.2) is 0 Å². The summed E-state index contributed by atoms with van der Waals surface area (Å²) >= 11 is 5.62. The maximum absolute atomic E-state index is 12.4. The maximum atomic E-state index is 12.4. The van der Waals surface area contributed by atoms with Gasteiger partial charge in [0.2, 0.25) is 0 Å². The van der Waals surface area contributed by atoms with E-state index in [9.17, 15) is 18.0 Å². The van der Waals surface area contributed by atoms with Crippen LogP contribution in [0.25, 0.3) is 0 Å². The van der Waals surface area contributed by atoms with Crippen LogP contribution in [0.4, 0.5) is 13.2 Å². The summed E-state index contributed by atoms with van der Waals surface area (Å²) in [6.07, 6.45) is -4.26. The van der Waals surface area contributed by atoms with Crippen LogP contribution in [0, 0.1) is 5.92 Å². The number of ketones is 1. The van der Waals surface area contributed by atoms with E-state index in [1.54, 1.807) is 0 Å². The highest BCUT2D eigenvalue weighted by molar-refractivity contribution is 6.31. The lowest BCUT2D eigenvalue weighted by molar-refractivity contribution is -0.0886. The van der Waals surface area contributed by atoms with Crippen molar-refractivity contribution in [3.05, 3.63) is 28.8 Å². The fraction of sp³-hybridized carbons (Fsp3) is 0.462. The summed E-state index contributed by atoms with van der Waals surface area (Å²) in [6.45, 7) is 4.18. The van der Waals surface area contributed by atoms with Crippen molar-refractivity contribution in [2.75, 3.05) is 6.61 Å². The minimum Gasteiger partial charge on any atom is -0.493 e. The van der Waals surface area contributed by atoms with Gasteiger partial charge in [-0.05, 0) is 30.5 Å². The minimum atomic E-state index is -4.94. The van der Waals surface area contributed by atoms with Gasteiger partial charge >= 0.3 is 6.18 Å². The molecule has 0 saturated heterocycles. The number of carbonyl (C=O) groups is 1. The van der Waals surface area contributed by atoms with Crippen LogP contribution in [0.5, 0.6) is 5.75 Å². The molecule has 1 aromatic carbocycles. The third-order valence-corrected chi connectivity index (χ3v) is 2.63. The molecule has 0 aliphatic rings. The molecule has 0 amide bonds. The SMILES string of the molecule is CC(C)CCOc1ccc(Cl)cc1C(=O)C(F)(F)F. The van der Waals surface area contributed by atoms with E-state index in [-0.39, 0.29) is 17.4 Å². The lowest BCUT2D eigenvalue weighted by atomic mass is 10.1. The summed E-state index contributed by atoms with van der Waals surface area (Å²) in [5.41, 5.74) is -0.552. The smallest absolute Gasteiger partial charge is 0.455 e. The molecule has 0 spiro atoms. The van der Waals surface area contributed by atoms with Crippen LogP contribution in [0.2, 0.25) is 5.02 Å². The number of ether oxygens (including phenoxy) is 1. The zero-order valence-electron chi connectivity index (χ0n) is 10.6. The Morgan fingerprint density at radius 3 is 2.53 bits per heavy atom. The molecule has 106 valence electrons. The lowest BCUT2D eigenvalue weighted by Crippen LogP contribution is -2.23. The molecule has 19 heavy (non-hydrogen) atoms. The van der Waals surface area contributed by atoms with E-state index < -0.39 is 17.5 Å². The number of hydrogen-bond acceptors (Lipinski definition) is 2. The van der Waals surface area contributed by atoms with E-state index in [2.05, 4.69) is 0 Å². The van der Waals surface area contributed by atoms with Crippen LogP contribution in [0.1, 0.15) is 30.6 Å². The second-order valence-electron chi connectivity index (χ2n) is 4.50. The van der Waals surface area contributed by atoms with Gasteiger partial charge in [0, 0.05) is 5.02 Å². The van der Waals surface area contributed by atoms with Crippen molar-refractivity contribution >= 4 is 17.4 Å². The Morgan fingerprint density at radius 2 is 2.00 bits per heavy atom. The van der Waals surface area contributed by atoms with Crippen molar-refractivity contribution in [3.63, 3.8) is 0 Å². The molecule has 0 aromatic heterocycles. The quantitative estimate of drug-likeness (QED) is 0.747. The summed E-state index contributed by atoms with van der Waals surface area (Å²) in [5.74, 6) is -1.68. The molecule has 0 heterocycles. The third-order valence-electron chi connectivity index (χ3n) is 2.40. The summed E-state index contributed by atoms with van der Waals surface area (Å²) < 4.78 is 42.6. The first-order valence-electron chi connectivity index (χ1n) is 5.75. The van der Waals surface area contributed by atoms with Gasteiger partial charge in [0.05, 0.1) is 12.2 Å². The van der Waals surface area contributed by atoms with Crippen LogP contribution >= 0.6 is 11.6 Å². The van der Waals surface area contributed by atoms with Gasteiger partial charge in [-0.1, -0.05) is 25.4 Å². The lowest BCUT2D eigenvalue weighted by Gasteiger charge is -2.13. The molecule has 0 bridgehead atoms. The summed E-state index contributed by atoms with van der Waals surface area (Å²) in [5, 5.41) is 0.0591. The van der Waals surface area contributed by atoms with Crippen molar-refractivity contribution in [1.82, 2.24) is 0 Å². The summed E-state index contributed by atoms with van der Waals surface area (Å²) in [6, 6.07) is 3.64. The molecule has 0 atom stereocenters. The van der Waals surface area contributed by atoms with E-state index in [1.807, 2.05) is 13.8 Å². The Morgan fingerprint density at radius 1 is 1.37 bits per heavy atom. The Bertz CT molecular complexity index is 456. The zero-order chi connectivity index (χ0) is 14.6. The number of hydrogen-bond donors (Lipinski definition) is 0. The predicted molar refractivity (Wildman–Crippen MR) is 66.8 cm³/mol. The maximum Gasteiger partial charge on any atom is 0.455 e. The Kier molecular flexibility index (Phi) is 5.23. The van der Waals surface area contributed by atoms with Gasteiger partial charge in [0.25, 0.3) is 5.78 Å². The number of rotatable bonds is 5. The molecule has 0 radical (unpaired) electrons. The molecular formula is C13H14ClF3O2. The Balaban J connectivity index is 2.95.